The zero-order chi connectivity index (χ0) is 12.0. The van der Waals surface area contributed by atoms with E-state index in [-0.39, 0.29) is 0 Å². The summed E-state index contributed by atoms with van der Waals surface area (Å²) in [4.78, 5) is 0. The van der Waals surface area contributed by atoms with E-state index in [4.69, 9.17) is 9.15 Å². The van der Waals surface area contributed by atoms with Gasteiger partial charge in [-0.2, -0.15) is 0 Å². The predicted molar refractivity (Wildman–Crippen MR) is 65.4 cm³/mol. The van der Waals surface area contributed by atoms with Crippen molar-refractivity contribution in [3.8, 4) is 0 Å². The highest BCUT2D eigenvalue weighted by atomic mass is 16.5. The zero-order valence-electron chi connectivity index (χ0n) is 10.7. The first kappa shape index (κ1) is 13.3. The van der Waals surface area contributed by atoms with E-state index in [2.05, 4.69) is 33.0 Å². The monoisotopic (exact) mass is 225 g/mol. The maximum atomic E-state index is 5.59. The molecule has 2 unspecified atom stereocenters. The highest BCUT2D eigenvalue weighted by Gasteiger charge is 2.10. The van der Waals surface area contributed by atoms with Crippen LogP contribution in [-0.4, -0.2) is 19.3 Å². The molecule has 0 aromatic carbocycles. The van der Waals surface area contributed by atoms with Gasteiger partial charge < -0.3 is 14.5 Å². The number of ether oxygens (including phenoxy) is 1. The van der Waals surface area contributed by atoms with Crippen LogP contribution in [-0.2, 0) is 4.74 Å². The third kappa shape index (κ3) is 4.81. The molecule has 1 aromatic rings. The molecule has 0 bridgehead atoms. The predicted octanol–water partition coefficient (Wildman–Crippen LogP) is 2.99. The first-order valence-corrected chi connectivity index (χ1v) is 5.95. The van der Waals surface area contributed by atoms with Gasteiger partial charge in [-0.25, -0.2) is 0 Å². The second kappa shape index (κ2) is 6.71. The average Bonchev–Trinajstić information content (AvgIpc) is 2.69. The molecule has 1 N–H and O–H groups in total. The van der Waals surface area contributed by atoms with E-state index < -0.39 is 0 Å². The Morgan fingerprint density at radius 2 is 2.00 bits per heavy atom. The van der Waals surface area contributed by atoms with Gasteiger partial charge in [-0.3, -0.25) is 0 Å². The summed E-state index contributed by atoms with van der Waals surface area (Å²) >= 11 is 0. The van der Waals surface area contributed by atoms with Crippen molar-refractivity contribution in [2.45, 2.75) is 39.8 Å². The van der Waals surface area contributed by atoms with Gasteiger partial charge >= 0.3 is 0 Å². The molecule has 1 aromatic heterocycles. The fourth-order valence-electron chi connectivity index (χ4n) is 1.57. The quantitative estimate of drug-likeness (QED) is 0.774. The van der Waals surface area contributed by atoms with Gasteiger partial charge in [0.25, 0.3) is 0 Å². The highest BCUT2D eigenvalue weighted by Crippen LogP contribution is 2.12. The number of hydrogen-bond donors (Lipinski definition) is 1. The fourth-order valence-corrected chi connectivity index (χ4v) is 1.57. The summed E-state index contributed by atoms with van der Waals surface area (Å²) in [6.07, 6.45) is 3.48. The minimum atomic E-state index is 0.302. The van der Waals surface area contributed by atoms with Crippen LogP contribution in [0.4, 0.5) is 0 Å². The van der Waals surface area contributed by atoms with Crippen LogP contribution in [0.5, 0.6) is 0 Å². The number of nitrogens with one attached hydrogen (secondary N) is 1. The van der Waals surface area contributed by atoms with Crippen molar-refractivity contribution in [2.24, 2.45) is 5.92 Å². The summed E-state index contributed by atoms with van der Waals surface area (Å²) in [6.45, 7) is 10.2. The highest BCUT2D eigenvalue weighted by molar-refractivity contribution is 5.10. The van der Waals surface area contributed by atoms with Crippen molar-refractivity contribution in [3.05, 3.63) is 24.2 Å². The molecule has 0 amide bonds. The van der Waals surface area contributed by atoms with Gasteiger partial charge in [-0.1, -0.05) is 13.8 Å². The lowest BCUT2D eigenvalue weighted by molar-refractivity contribution is 0.0915. The molecule has 0 aliphatic heterocycles. The Labute approximate surface area is 98.2 Å². The van der Waals surface area contributed by atoms with Crippen LogP contribution in [0.15, 0.2) is 23.0 Å². The van der Waals surface area contributed by atoms with Crippen LogP contribution < -0.4 is 5.32 Å². The zero-order valence-corrected chi connectivity index (χ0v) is 10.7. The molecule has 0 spiro atoms. The molecule has 16 heavy (non-hydrogen) atoms. The molecule has 0 saturated carbocycles. The van der Waals surface area contributed by atoms with Crippen LogP contribution in [0.3, 0.4) is 0 Å². The van der Waals surface area contributed by atoms with E-state index >= 15 is 0 Å². The van der Waals surface area contributed by atoms with Gasteiger partial charge in [0, 0.05) is 24.3 Å². The Hall–Kier alpha value is -0.800. The summed E-state index contributed by atoms with van der Waals surface area (Å²) in [5.41, 5.74) is 1.18. The van der Waals surface area contributed by atoms with Crippen molar-refractivity contribution in [1.82, 2.24) is 5.32 Å². The lowest BCUT2D eigenvalue weighted by Gasteiger charge is -2.19. The van der Waals surface area contributed by atoms with Crippen LogP contribution in [0, 0.1) is 5.92 Å². The van der Waals surface area contributed by atoms with Crippen LogP contribution in [0.2, 0.25) is 0 Å². The average molecular weight is 225 g/mol. The molecule has 0 fully saturated rings. The Bertz CT molecular complexity index is 269. The van der Waals surface area contributed by atoms with E-state index in [0.717, 1.165) is 13.2 Å². The topological polar surface area (TPSA) is 34.4 Å². The van der Waals surface area contributed by atoms with Crippen molar-refractivity contribution < 1.29 is 9.15 Å². The maximum absolute atomic E-state index is 5.59. The summed E-state index contributed by atoms with van der Waals surface area (Å²) < 4.78 is 10.6. The number of rotatable bonds is 7. The Kier molecular flexibility index (Phi) is 5.56. The third-order valence-corrected chi connectivity index (χ3v) is 2.40. The smallest absolute Gasteiger partial charge is 0.0950 e. The van der Waals surface area contributed by atoms with Gasteiger partial charge in [0.15, 0.2) is 0 Å². The largest absolute Gasteiger partial charge is 0.472 e. The molecule has 3 nitrogen and oxygen atoms in total. The Balaban J connectivity index is 2.21. The minimum Gasteiger partial charge on any atom is -0.472 e. The summed E-state index contributed by atoms with van der Waals surface area (Å²) in [7, 11) is 0. The van der Waals surface area contributed by atoms with Crippen molar-refractivity contribution in [3.63, 3.8) is 0 Å². The Morgan fingerprint density at radius 3 is 2.56 bits per heavy atom. The van der Waals surface area contributed by atoms with E-state index in [1.54, 1.807) is 12.5 Å². The molecule has 1 rings (SSSR count). The molecule has 0 aliphatic rings. The second-order valence-electron chi connectivity index (χ2n) is 4.78. The molecule has 0 aliphatic carbocycles. The Morgan fingerprint density at radius 1 is 1.25 bits per heavy atom. The summed E-state index contributed by atoms with van der Waals surface area (Å²) in [6, 6.07) is 2.64. The summed E-state index contributed by atoms with van der Waals surface area (Å²) in [5, 5.41) is 3.47. The maximum Gasteiger partial charge on any atom is 0.0950 e. The number of hydrogen-bond acceptors (Lipinski definition) is 3. The van der Waals surface area contributed by atoms with Gasteiger partial charge in [0.05, 0.1) is 19.1 Å². The van der Waals surface area contributed by atoms with Crippen LogP contribution in [0.1, 0.15) is 39.3 Å². The fraction of sp³-hybridized carbons (Fsp3) is 0.692. The van der Waals surface area contributed by atoms with Crippen molar-refractivity contribution in [2.75, 3.05) is 13.2 Å². The molecule has 0 saturated heterocycles. The minimum absolute atomic E-state index is 0.302. The third-order valence-electron chi connectivity index (χ3n) is 2.40. The van der Waals surface area contributed by atoms with Gasteiger partial charge in [-0.15, -0.1) is 0 Å². The molecular weight excluding hydrogens is 202 g/mol. The lowest BCUT2D eigenvalue weighted by Crippen LogP contribution is -2.33. The normalized spacial score (nSPS) is 15.3. The molecule has 0 radical (unpaired) electrons. The van der Waals surface area contributed by atoms with E-state index in [1.165, 1.54) is 5.56 Å². The van der Waals surface area contributed by atoms with Crippen LogP contribution >= 0.6 is 0 Å². The van der Waals surface area contributed by atoms with E-state index in [0.29, 0.717) is 18.0 Å². The molecular formula is C13H23NO2. The van der Waals surface area contributed by atoms with Crippen molar-refractivity contribution >= 4 is 0 Å². The van der Waals surface area contributed by atoms with E-state index in [1.807, 2.05) is 6.07 Å². The lowest BCUT2D eigenvalue weighted by atomic mass is 10.1. The molecule has 1 heterocycles. The van der Waals surface area contributed by atoms with Crippen LogP contribution in [0.25, 0.3) is 0 Å². The number of furan rings is 1. The molecule has 2 atom stereocenters. The van der Waals surface area contributed by atoms with Gasteiger partial charge in [0.1, 0.15) is 0 Å². The van der Waals surface area contributed by atoms with E-state index in [9.17, 15) is 0 Å². The standard InChI is InChI=1S/C13H23NO2/c1-10(2)7-16-8-11(3)14-12(4)13-5-6-15-9-13/h5-6,9-12,14H,7-8H2,1-4H3. The molecule has 3 heteroatoms. The SMILES string of the molecule is CC(C)COCC(C)NC(C)c1ccoc1. The van der Waals surface area contributed by atoms with Crippen molar-refractivity contribution in [1.29, 1.82) is 0 Å². The van der Waals surface area contributed by atoms with Gasteiger partial charge in [-0.05, 0) is 25.8 Å². The molecule has 92 valence electrons. The first-order valence-electron chi connectivity index (χ1n) is 5.95. The van der Waals surface area contributed by atoms with Gasteiger partial charge in [0.2, 0.25) is 0 Å². The first-order chi connectivity index (χ1) is 7.59. The second-order valence-corrected chi connectivity index (χ2v) is 4.78. The summed E-state index contributed by atoms with van der Waals surface area (Å²) in [5.74, 6) is 0.596.